The van der Waals surface area contributed by atoms with Gasteiger partial charge in [0.15, 0.2) is 11.6 Å². The second-order valence-electron chi connectivity index (χ2n) is 10.3. The van der Waals surface area contributed by atoms with E-state index in [2.05, 4.69) is 46.5 Å². The molecular formula is C27H37F2NO3Si. The van der Waals surface area contributed by atoms with Crippen molar-refractivity contribution in [3.05, 3.63) is 65.0 Å². The number of nitrogens with zero attached hydrogens (tertiary/aromatic N) is 1. The van der Waals surface area contributed by atoms with E-state index in [1.807, 2.05) is 6.07 Å². The minimum atomic E-state index is -2.26. The van der Waals surface area contributed by atoms with Crippen LogP contribution in [0.3, 0.4) is 0 Å². The van der Waals surface area contributed by atoms with Crippen LogP contribution in [0.4, 0.5) is 8.78 Å². The normalized spacial score (nSPS) is 21.0. The van der Waals surface area contributed by atoms with Crippen LogP contribution in [0.1, 0.15) is 96.3 Å². The van der Waals surface area contributed by atoms with E-state index >= 15 is 0 Å². The van der Waals surface area contributed by atoms with Gasteiger partial charge in [0.05, 0.1) is 11.8 Å². The van der Waals surface area contributed by atoms with E-state index in [4.69, 9.17) is 9.16 Å². The number of rotatable bonds is 7. The van der Waals surface area contributed by atoms with Gasteiger partial charge in [0.1, 0.15) is 6.10 Å². The van der Waals surface area contributed by atoms with Gasteiger partial charge in [-0.3, -0.25) is 9.78 Å². The summed E-state index contributed by atoms with van der Waals surface area (Å²) in [6.45, 7) is 14.7. The lowest BCUT2D eigenvalue weighted by atomic mass is 9.87. The molecule has 3 rings (SSSR count). The summed E-state index contributed by atoms with van der Waals surface area (Å²) in [7, 11) is -2.26. The Bertz CT molecular complexity index is 989. The molecule has 4 nitrogen and oxygen atoms in total. The molecule has 0 radical (unpaired) electrons. The molecule has 3 atom stereocenters. The lowest BCUT2D eigenvalue weighted by molar-refractivity contribution is -0.148. The standard InChI is InChI=1S/C27H37F2NO3Si/c1-16(2)34(17(3)4,18(5)6)33-24-14-13-21(20-10-8-12-23(28)25(20)29)27(32-19(7)31)22-11-9-15-30-26(22)24/h8-12,15-18,21,24,27H,13-14H2,1-7H3. The highest BCUT2D eigenvalue weighted by Gasteiger charge is 2.48. The number of hydrogen-bond acceptors (Lipinski definition) is 4. The van der Waals surface area contributed by atoms with Gasteiger partial charge in [-0.1, -0.05) is 59.7 Å². The predicted molar refractivity (Wildman–Crippen MR) is 132 cm³/mol. The number of halogens is 2. The number of pyridine rings is 1. The van der Waals surface area contributed by atoms with Crippen molar-refractivity contribution in [3.8, 4) is 0 Å². The molecule has 3 unspecified atom stereocenters. The van der Waals surface area contributed by atoms with Gasteiger partial charge in [-0.15, -0.1) is 0 Å². The lowest BCUT2D eigenvalue weighted by Gasteiger charge is -2.44. The van der Waals surface area contributed by atoms with Crippen LogP contribution in [-0.2, 0) is 14.0 Å². The van der Waals surface area contributed by atoms with Crippen molar-refractivity contribution >= 4 is 14.3 Å². The molecule has 0 amide bonds. The number of aromatic nitrogens is 1. The molecule has 0 aliphatic heterocycles. The molecule has 1 aromatic carbocycles. The van der Waals surface area contributed by atoms with Crippen LogP contribution >= 0.6 is 0 Å². The third kappa shape index (κ3) is 4.96. The molecule has 0 saturated carbocycles. The molecule has 186 valence electrons. The summed E-state index contributed by atoms with van der Waals surface area (Å²) in [6.07, 6.45) is 1.67. The summed E-state index contributed by atoms with van der Waals surface area (Å²) in [5.74, 6) is -2.83. The van der Waals surface area contributed by atoms with Gasteiger partial charge in [-0.25, -0.2) is 8.78 Å². The van der Waals surface area contributed by atoms with Crippen LogP contribution in [0, 0.1) is 11.6 Å². The fourth-order valence-corrected chi connectivity index (χ4v) is 11.5. The van der Waals surface area contributed by atoms with Gasteiger partial charge in [-0.05, 0) is 47.2 Å². The molecule has 1 aromatic heterocycles. The van der Waals surface area contributed by atoms with Crippen molar-refractivity contribution in [1.82, 2.24) is 4.98 Å². The number of esters is 1. The first-order chi connectivity index (χ1) is 16.0. The average molecular weight is 490 g/mol. The Hall–Kier alpha value is -2.12. The zero-order valence-electron chi connectivity index (χ0n) is 21.3. The Kier molecular flexibility index (Phi) is 8.29. The first-order valence-corrected chi connectivity index (χ1v) is 14.4. The average Bonchev–Trinajstić information content (AvgIpc) is 2.90. The van der Waals surface area contributed by atoms with E-state index in [1.54, 1.807) is 18.3 Å². The van der Waals surface area contributed by atoms with Gasteiger partial charge in [0.2, 0.25) is 8.32 Å². The van der Waals surface area contributed by atoms with Gasteiger partial charge in [-0.2, -0.15) is 0 Å². The first kappa shape index (κ1) is 26.5. The van der Waals surface area contributed by atoms with Crippen molar-refractivity contribution in [2.24, 2.45) is 0 Å². The summed E-state index contributed by atoms with van der Waals surface area (Å²) in [6, 6.07) is 7.83. The van der Waals surface area contributed by atoms with Gasteiger partial charge in [0.25, 0.3) is 0 Å². The van der Waals surface area contributed by atoms with Crippen LogP contribution in [0.5, 0.6) is 0 Å². The van der Waals surface area contributed by atoms with Crippen molar-refractivity contribution in [1.29, 1.82) is 0 Å². The SMILES string of the molecule is CC(=O)OC1c2cccnc2C(O[Si](C(C)C)(C(C)C)C(C)C)CCC1c1cccc(F)c1F. The highest BCUT2D eigenvalue weighted by Crippen LogP contribution is 2.50. The largest absolute Gasteiger partial charge is 0.457 e. The van der Waals surface area contributed by atoms with Crippen molar-refractivity contribution in [3.63, 3.8) is 0 Å². The Labute approximate surface area is 203 Å². The van der Waals surface area contributed by atoms with Crippen molar-refractivity contribution < 1.29 is 22.7 Å². The summed E-state index contributed by atoms with van der Waals surface area (Å²) in [5, 5.41) is 0. The van der Waals surface area contributed by atoms with Crippen molar-refractivity contribution in [2.75, 3.05) is 0 Å². The summed E-state index contributed by atoms with van der Waals surface area (Å²) in [4.78, 5) is 16.8. The van der Waals surface area contributed by atoms with Crippen LogP contribution < -0.4 is 0 Å². The van der Waals surface area contributed by atoms with Crippen molar-refractivity contribution in [2.45, 2.75) is 96.1 Å². The fourth-order valence-electron chi connectivity index (χ4n) is 5.99. The Morgan fingerprint density at radius 2 is 1.59 bits per heavy atom. The monoisotopic (exact) mass is 489 g/mol. The third-order valence-corrected chi connectivity index (χ3v) is 13.4. The number of benzene rings is 1. The number of ether oxygens (including phenoxy) is 1. The van der Waals surface area contributed by atoms with E-state index in [0.29, 0.717) is 35.0 Å². The van der Waals surface area contributed by atoms with E-state index < -0.39 is 37.9 Å². The van der Waals surface area contributed by atoms with E-state index in [9.17, 15) is 13.6 Å². The third-order valence-electron chi connectivity index (χ3n) is 7.32. The maximum atomic E-state index is 14.9. The molecule has 1 aliphatic rings. The maximum absolute atomic E-state index is 14.9. The van der Waals surface area contributed by atoms with E-state index in [1.165, 1.54) is 13.0 Å². The quantitative estimate of drug-likeness (QED) is 0.226. The molecule has 0 saturated heterocycles. The molecular weight excluding hydrogens is 452 g/mol. The second kappa shape index (κ2) is 10.6. The first-order valence-electron chi connectivity index (χ1n) is 12.2. The Morgan fingerprint density at radius 1 is 0.971 bits per heavy atom. The molecule has 1 heterocycles. The Morgan fingerprint density at radius 3 is 2.18 bits per heavy atom. The number of fused-ring (bicyclic) bond motifs is 1. The van der Waals surface area contributed by atoms with Crippen LogP contribution in [-0.4, -0.2) is 19.3 Å². The number of carbonyl (C=O) groups is 1. The highest BCUT2D eigenvalue weighted by molar-refractivity contribution is 6.77. The molecule has 2 aromatic rings. The number of hydrogen-bond donors (Lipinski definition) is 0. The zero-order valence-corrected chi connectivity index (χ0v) is 22.3. The van der Waals surface area contributed by atoms with Gasteiger partial charge >= 0.3 is 5.97 Å². The molecule has 34 heavy (non-hydrogen) atoms. The van der Waals surface area contributed by atoms with Gasteiger partial charge < -0.3 is 9.16 Å². The molecule has 7 heteroatoms. The summed E-state index contributed by atoms with van der Waals surface area (Å²) < 4.78 is 42.0. The summed E-state index contributed by atoms with van der Waals surface area (Å²) >= 11 is 0. The van der Waals surface area contributed by atoms with Crippen LogP contribution in [0.25, 0.3) is 0 Å². The van der Waals surface area contributed by atoms with Crippen LogP contribution in [0.2, 0.25) is 16.6 Å². The molecule has 0 bridgehead atoms. The minimum Gasteiger partial charge on any atom is -0.457 e. The predicted octanol–water partition coefficient (Wildman–Crippen LogP) is 7.77. The molecule has 0 spiro atoms. The molecule has 0 N–H and O–H groups in total. The molecule has 0 fully saturated rings. The van der Waals surface area contributed by atoms with E-state index in [0.717, 1.165) is 11.8 Å². The van der Waals surface area contributed by atoms with Crippen LogP contribution in [0.15, 0.2) is 36.5 Å². The summed E-state index contributed by atoms with van der Waals surface area (Å²) in [5.41, 5.74) is 2.78. The lowest BCUT2D eigenvalue weighted by Crippen LogP contribution is -2.48. The second-order valence-corrected chi connectivity index (χ2v) is 15.7. The molecule has 1 aliphatic carbocycles. The smallest absolute Gasteiger partial charge is 0.303 e. The zero-order chi connectivity index (χ0) is 25.2. The maximum Gasteiger partial charge on any atom is 0.303 e. The topological polar surface area (TPSA) is 48.4 Å². The number of carbonyl (C=O) groups excluding carboxylic acids is 1. The van der Waals surface area contributed by atoms with Gasteiger partial charge in [0, 0.05) is 24.6 Å². The Balaban J connectivity index is 2.15. The fraction of sp³-hybridized carbons (Fsp3) is 0.556. The van der Waals surface area contributed by atoms with E-state index in [-0.39, 0.29) is 11.7 Å². The highest BCUT2D eigenvalue weighted by atomic mass is 28.4. The minimum absolute atomic E-state index is 0.210.